The van der Waals surface area contributed by atoms with Gasteiger partial charge in [-0.05, 0) is 145 Å². The number of ether oxygens (including phenoxy) is 6. The number of aryl methyl sites for hydroxylation is 4. The number of aromatic hydroxyl groups is 2. The molecule has 0 aliphatic carbocycles. The maximum absolute atomic E-state index is 12.5. The van der Waals surface area contributed by atoms with Crippen molar-refractivity contribution in [2.75, 3.05) is 59.5 Å². The van der Waals surface area contributed by atoms with E-state index >= 15 is 0 Å². The summed E-state index contributed by atoms with van der Waals surface area (Å²) in [5, 5.41) is 55.7. The molecule has 0 bridgehead atoms. The Bertz CT molecular complexity index is 2810. The lowest BCUT2D eigenvalue weighted by Gasteiger charge is -2.22. The lowest BCUT2D eigenvalue weighted by molar-refractivity contribution is -0.123. The van der Waals surface area contributed by atoms with Crippen molar-refractivity contribution in [1.82, 2.24) is 16.0 Å². The van der Waals surface area contributed by atoms with Crippen LogP contribution in [0, 0.1) is 6.92 Å². The molecule has 0 fully saturated rings. The van der Waals surface area contributed by atoms with Gasteiger partial charge in [0.25, 0.3) is 0 Å². The van der Waals surface area contributed by atoms with E-state index in [-0.39, 0.29) is 97.7 Å². The second-order valence-corrected chi connectivity index (χ2v) is 23.2. The van der Waals surface area contributed by atoms with Crippen molar-refractivity contribution in [2.24, 2.45) is 0 Å². The van der Waals surface area contributed by atoms with Gasteiger partial charge in [0.15, 0.2) is 0 Å². The highest BCUT2D eigenvalue weighted by atomic mass is 16.6. The zero-order chi connectivity index (χ0) is 65.3. The quantitative estimate of drug-likeness (QED) is 0.0180. The van der Waals surface area contributed by atoms with Gasteiger partial charge in [0.05, 0.1) is 114 Å². The molecule has 0 aromatic heterocycles. The van der Waals surface area contributed by atoms with Crippen LogP contribution in [0.5, 0.6) is 11.5 Å². The molecule has 6 aromatic rings. The first-order valence-corrected chi connectivity index (χ1v) is 31.5. The molecular formula is C73H101N3O14. The molecular weight excluding hydrogens is 1140 g/mol. The number of nitrogens with one attached hydrogen (secondary N) is 3. The van der Waals surface area contributed by atoms with Crippen molar-refractivity contribution in [3.05, 3.63) is 203 Å². The lowest BCUT2D eigenvalue weighted by atomic mass is 10.0. The molecule has 90 heavy (non-hydrogen) atoms. The molecule has 0 spiro atoms. The number of rotatable bonds is 39. The first-order valence-electron chi connectivity index (χ1n) is 31.5. The largest absolute Gasteiger partial charge is 0.508 e. The standard InChI is InChI=1S/C25H35NO4.2C24H33NO5/c1-19-9-11-23(12-10-19)15-24(18-29-17-21(3)30-20(2)16-27)26-25(28)14-13-22-7-5-4-6-8-22;1-18(26)15-29-16-19(2)30-17-22(14-21-8-11-23(27)12-9-21)25-24(28)13-10-20-6-4-3-5-7-20;1-18(15-26)29-16-19(2)30-17-22(14-21-8-11-23(27)12-9-21)25-24(28)13-10-20-6-4-3-5-7-20/h4-12,20-21,24,27H,13-18H2,1-3H3,(H,26,28);2*3-9,11-12,18-19,22,26-27H,10,13-17H2,1-2H3,(H,25,28). The number of carbonyl (C=O) groups excluding carboxylic acids is 3. The highest BCUT2D eigenvalue weighted by Crippen LogP contribution is 2.16. The SMILES string of the molecule is CC(CO)OCC(C)OCC(Cc1ccc(O)cc1)NC(=O)CCc1ccccc1.CC(O)COCC(C)OCC(Cc1ccc(O)cc1)NC(=O)CCc1ccccc1.Cc1ccc(CC(COCC(C)OC(C)CO)NC(=O)CCc2ccccc2)cc1. The van der Waals surface area contributed by atoms with Gasteiger partial charge in [0.1, 0.15) is 11.5 Å². The minimum Gasteiger partial charge on any atom is -0.508 e. The zero-order valence-electron chi connectivity index (χ0n) is 53.9. The number of amides is 3. The summed E-state index contributed by atoms with van der Waals surface area (Å²) in [6, 6.07) is 51.6. The van der Waals surface area contributed by atoms with Crippen LogP contribution in [-0.4, -0.2) is 157 Å². The number of phenols is 2. The average molecular weight is 1240 g/mol. The Morgan fingerprint density at radius 3 is 1.09 bits per heavy atom. The molecule has 17 heteroatoms. The molecule has 3 amide bonds. The minimum absolute atomic E-state index is 0.0160. The van der Waals surface area contributed by atoms with Crippen LogP contribution in [0.15, 0.2) is 164 Å². The molecule has 17 nitrogen and oxygen atoms in total. The summed E-state index contributed by atoms with van der Waals surface area (Å²) in [6.45, 7) is 15.5. The number of hydrogen-bond acceptors (Lipinski definition) is 14. The summed E-state index contributed by atoms with van der Waals surface area (Å²) < 4.78 is 34.1. The van der Waals surface area contributed by atoms with Crippen molar-refractivity contribution in [3.8, 4) is 11.5 Å². The highest BCUT2D eigenvalue weighted by molar-refractivity contribution is 5.77. The van der Waals surface area contributed by atoms with Crippen molar-refractivity contribution in [3.63, 3.8) is 0 Å². The fourth-order valence-corrected chi connectivity index (χ4v) is 9.17. The van der Waals surface area contributed by atoms with E-state index in [9.17, 15) is 29.7 Å². The number of hydrogen-bond donors (Lipinski definition) is 8. The van der Waals surface area contributed by atoms with E-state index in [2.05, 4.69) is 47.1 Å². The van der Waals surface area contributed by atoms with E-state index in [0.29, 0.717) is 97.4 Å². The Morgan fingerprint density at radius 1 is 0.378 bits per heavy atom. The zero-order valence-corrected chi connectivity index (χ0v) is 53.9. The van der Waals surface area contributed by atoms with Gasteiger partial charge in [-0.25, -0.2) is 0 Å². The van der Waals surface area contributed by atoms with Gasteiger partial charge in [-0.15, -0.1) is 0 Å². The third-order valence-electron chi connectivity index (χ3n) is 14.1. The van der Waals surface area contributed by atoms with Gasteiger partial charge in [-0.3, -0.25) is 14.4 Å². The van der Waals surface area contributed by atoms with Crippen LogP contribution in [-0.2, 0) is 81.3 Å². The van der Waals surface area contributed by atoms with E-state index in [1.54, 1.807) is 38.1 Å². The van der Waals surface area contributed by atoms with Crippen LogP contribution in [0.4, 0.5) is 0 Å². The van der Waals surface area contributed by atoms with Gasteiger partial charge < -0.3 is 69.9 Å². The smallest absolute Gasteiger partial charge is 0.220 e. The molecule has 0 aliphatic heterocycles. The summed E-state index contributed by atoms with van der Waals surface area (Å²) in [4.78, 5) is 37.5. The van der Waals surface area contributed by atoms with E-state index in [1.165, 1.54) is 5.56 Å². The molecule has 9 atom stereocenters. The number of benzene rings is 6. The molecule has 8 N–H and O–H groups in total. The number of aliphatic hydroxyl groups is 3. The molecule has 9 unspecified atom stereocenters. The van der Waals surface area contributed by atoms with E-state index in [4.69, 9.17) is 38.6 Å². The van der Waals surface area contributed by atoms with Crippen molar-refractivity contribution in [2.45, 2.75) is 161 Å². The summed E-state index contributed by atoms with van der Waals surface area (Å²) in [5.74, 6) is 0.399. The van der Waals surface area contributed by atoms with E-state index < -0.39 is 6.10 Å². The fourth-order valence-electron chi connectivity index (χ4n) is 9.17. The van der Waals surface area contributed by atoms with Crippen LogP contribution in [0.3, 0.4) is 0 Å². The predicted octanol–water partition coefficient (Wildman–Crippen LogP) is 9.17. The van der Waals surface area contributed by atoms with Crippen LogP contribution in [0.1, 0.15) is 99.7 Å². The van der Waals surface area contributed by atoms with Crippen LogP contribution in [0.25, 0.3) is 0 Å². The number of phenolic OH excluding ortho intramolecular Hbond substituents is 2. The van der Waals surface area contributed by atoms with Crippen LogP contribution >= 0.6 is 0 Å². The maximum Gasteiger partial charge on any atom is 0.220 e. The lowest BCUT2D eigenvalue weighted by Crippen LogP contribution is -2.41. The van der Waals surface area contributed by atoms with Crippen LogP contribution < -0.4 is 16.0 Å². The van der Waals surface area contributed by atoms with Crippen molar-refractivity contribution >= 4 is 17.7 Å². The molecule has 6 rings (SSSR count). The minimum atomic E-state index is -0.511. The summed E-state index contributed by atoms with van der Waals surface area (Å²) in [7, 11) is 0. The fraction of sp³-hybridized carbons (Fsp3) is 0.466. The van der Waals surface area contributed by atoms with Gasteiger partial charge in [0.2, 0.25) is 17.7 Å². The highest BCUT2D eigenvalue weighted by Gasteiger charge is 2.20. The van der Waals surface area contributed by atoms with Gasteiger partial charge >= 0.3 is 0 Å². The summed E-state index contributed by atoms with van der Waals surface area (Å²) >= 11 is 0. The number of carbonyl (C=O) groups is 3. The molecule has 0 aliphatic rings. The van der Waals surface area contributed by atoms with Gasteiger partial charge in [-0.1, -0.05) is 145 Å². The Hall–Kier alpha value is -7.03. The molecule has 0 saturated carbocycles. The van der Waals surface area contributed by atoms with Gasteiger partial charge in [-0.2, -0.15) is 0 Å². The van der Waals surface area contributed by atoms with Crippen LogP contribution in [0.2, 0.25) is 0 Å². The van der Waals surface area contributed by atoms with Crippen molar-refractivity contribution < 1.29 is 68.3 Å². The Kier molecular flexibility index (Phi) is 37.2. The summed E-state index contributed by atoms with van der Waals surface area (Å²) in [6.07, 6.45) is 3.83. The number of aliphatic hydroxyl groups excluding tert-OH is 3. The second-order valence-electron chi connectivity index (χ2n) is 23.2. The van der Waals surface area contributed by atoms with E-state index in [0.717, 1.165) is 33.4 Å². The monoisotopic (exact) mass is 1240 g/mol. The Morgan fingerprint density at radius 2 is 0.711 bits per heavy atom. The Labute approximate surface area is 534 Å². The van der Waals surface area contributed by atoms with Gasteiger partial charge in [0, 0.05) is 19.3 Å². The normalized spacial score (nSPS) is 14.1. The molecule has 6 aromatic carbocycles. The third-order valence-corrected chi connectivity index (χ3v) is 14.1. The second kappa shape index (κ2) is 44.4. The first kappa shape index (κ1) is 75.4. The first-order chi connectivity index (χ1) is 43.3. The molecule has 492 valence electrons. The average Bonchev–Trinajstić information content (AvgIpc) is 3.75. The molecule has 0 heterocycles. The van der Waals surface area contributed by atoms with Crippen molar-refractivity contribution in [1.29, 1.82) is 0 Å². The predicted molar refractivity (Wildman–Crippen MR) is 352 cm³/mol. The summed E-state index contributed by atoms with van der Waals surface area (Å²) in [5.41, 5.74) is 7.79. The third kappa shape index (κ3) is 35.4. The molecule has 0 radical (unpaired) electrons. The molecule has 0 saturated heterocycles. The Balaban J connectivity index is 0.000000288. The topological polar surface area (TPSA) is 244 Å². The maximum atomic E-state index is 12.5. The van der Waals surface area contributed by atoms with E-state index in [1.807, 2.05) is 143 Å².